The molecule has 0 unspecified atom stereocenters. The van der Waals surface area contributed by atoms with Crippen LogP contribution in [0.1, 0.15) is 25.0 Å². The molecule has 0 saturated carbocycles. The highest BCUT2D eigenvalue weighted by Gasteiger charge is 2.34. The van der Waals surface area contributed by atoms with E-state index in [4.69, 9.17) is 0 Å². The van der Waals surface area contributed by atoms with Gasteiger partial charge in [-0.25, -0.2) is 0 Å². The summed E-state index contributed by atoms with van der Waals surface area (Å²) >= 11 is 1.92. The van der Waals surface area contributed by atoms with Gasteiger partial charge in [-0.05, 0) is 53.9 Å². The standard InChI is InChI=1S/C38H30BNS/c1-3-25-13-11-14-26(4-2)38(25)39-31-17-8-10-19-35(31)41-36-24-28(21-22-32(36)39)40-33-18-9-7-16-30(33)37-29-15-6-5-12-27(29)20-23-34(37)40/h5-24H,3-4H2,1-2H3. The van der Waals surface area contributed by atoms with Crippen molar-refractivity contribution in [2.75, 3.05) is 0 Å². The SMILES string of the molecule is CCc1cccc(CC)c1B1c2ccccc2Sc2cc(-n3c4ccccc4c4c5ccccc5ccc43)ccc21. The number of nitrogens with zero attached hydrogens (tertiary/aromatic N) is 1. The zero-order chi connectivity index (χ0) is 27.5. The summed E-state index contributed by atoms with van der Waals surface area (Å²) < 4.78 is 2.46. The van der Waals surface area contributed by atoms with Crippen LogP contribution in [0.25, 0.3) is 38.3 Å². The van der Waals surface area contributed by atoms with Gasteiger partial charge < -0.3 is 4.57 Å². The van der Waals surface area contributed by atoms with E-state index in [2.05, 4.69) is 140 Å². The third-order valence-corrected chi connectivity index (χ3v) is 10.1. The molecular weight excluding hydrogens is 513 g/mol. The molecule has 0 amide bonds. The minimum atomic E-state index is 0.240. The van der Waals surface area contributed by atoms with Crippen molar-refractivity contribution in [2.24, 2.45) is 0 Å². The molecule has 0 atom stereocenters. The lowest BCUT2D eigenvalue weighted by Gasteiger charge is -2.29. The summed E-state index contributed by atoms with van der Waals surface area (Å²) in [7, 11) is 0. The van der Waals surface area contributed by atoms with Gasteiger partial charge in [0.25, 0.3) is 0 Å². The summed E-state index contributed by atoms with van der Waals surface area (Å²) in [5, 5.41) is 5.23. The van der Waals surface area contributed by atoms with Crippen LogP contribution in [0.2, 0.25) is 0 Å². The van der Waals surface area contributed by atoms with Gasteiger partial charge in [-0.1, -0.05) is 144 Å². The quantitative estimate of drug-likeness (QED) is 0.203. The van der Waals surface area contributed by atoms with E-state index in [0.29, 0.717) is 0 Å². The van der Waals surface area contributed by atoms with Crippen molar-refractivity contribution in [1.82, 2.24) is 4.57 Å². The summed E-state index contributed by atoms with van der Waals surface area (Å²) in [6.45, 7) is 4.82. The number of para-hydroxylation sites is 1. The number of benzene rings is 6. The van der Waals surface area contributed by atoms with Crippen LogP contribution in [0.4, 0.5) is 0 Å². The fourth-order valence-electron chi connectivity index (χ4n) is 7.07. The molecule has 7 aromatic rings. The van der Waals surface area contributed by atoms with Gasteiger partial charge in [-0.15, -0.1) is 0 Å². The second-order valence-electron chi connectivity index (χ2n) is 11.0. The molecule has 1 nitrogen and oxygen atoms in total. The zero-order valence-electron chi connectivity index (χ0n) is 23.4. The van der Waals surface area contributed by atoms with Crippen molar-refractivity contribution < 1.29 is 0 Å². The molecule has 1 aliphatic heterocycles. The highest BCUT2D eigenvalue weighted by molar-refractivity contribution is 8.00. The van der Waals surface area contributed by atoms with Crippen LogP contribution < -0.4 is 16.4 Å². The largest absolute Gasteiger partial charge is 0.309 e. The minimum absolute atomic E-state index is 0.240. The fraction of sp³-hybridized carbons (Fsp3) is 0.105. The molecule has 0 spiro atoms. The maximum Gasteiger partial charge on any atom is 0.244 e. The van der Waals surface area contributed by atoms with Crippen molar-refractivity contribution in [3.63, 3.8) is 0 Å². The number of rotatable bonds is 4. The van der Waals surface area contributed by atoms with Gasteiger partial charge >= 0.3 is 0 Å². The van der Waals surface area contributed by atoms with E-state index in [9.17, 15) is 0 Å². The molecule has 0 radical (unpaired) electrons. The minimum Gasteiger partial charge on any atom is -0.309 e. The first-order valence-electron chi connectivity index (χ1n) is 14.7. The summed E-state index contributed by atoms with van der Waals surface area (Å²) in [5.41, 5.74) is 11.0. The van der Waals surface area contributed by atoms with Gasteiger partial charge in [0.05, 0.1) is 11.0 Å². The molecule has 0 fully saturated rings. The number of aryl methyl sites for hydroxylation is 2. The van der Waals surface area contributed by atoms with Crippen molar-refractivity contribution in [1.29, 1.82) is 0 Å². The fourth-order valence-corrected chi connectivity index (χ4v) is 8.24. The molecule has 1 aliphatic rings. The molecule has 0 N–H and O–H groups in total. The average molecular weight is 544 g/mol. The summed E-state index contributed by atoms with van der Waals surface area (Å²) in [6, 6.07) is 45.3. The van der Waals surface area contributed by atoms with E-state index in [1.807, 2.05) is 11.8 Å². The maximum atomic E-state index is 2.46. The lowest BCUT2D eigenvalue weighted by molar-refractivity contribution is 1.11. The smallest absolute Gasteiger partial charge is 0.244 e. The van der Waals surface area contributed by atoms with Crippen molar-refractivity contribution in [3.05, 3.63) is 132 Å². The van der Waals surface area contributed by atoms with E-state index in [0.717, 1.165) is 12.8 Å². The lowest BCUT2D eigenvalue weighted by Crippen LogP contribution is -2.57. The first-order chi connectivity index (χ1) is 20.3. The normalized spacial score (nSPS) is 12.7. The molecule has 6 aromatic carbocycles. The molecule has 2 heterocycles. The second kappa shape index (κ2) is 9.71. The Morgan fingerprint density at radius 2 is 1.29 bits per heavy atom. The number of hydrogen-bond acceptors (Lipinski definition) is 1. The Bertz CT molecular complexity index is 2100. The molecule has 1 aromatic heterocycles. The van der Waals surface area contributed by atoms with Gasteiger partial charge in [0, 0.05) is 26.3 Å². The van der Waals surface area contributed by atoms with E-state index in [-0.39, 0.29) is 6.71 Å². The Morgan fingerprint density at radius 1 is 0.585 bits per heavy atom. The predicted octanol–water partition coefficient (Wildman–Crippen LogP) is 8.04. The topological polar surface area (TPSA) is 4.93 Å². The Balaban J connectivity index is 1.39. The monoisotopic (exact) mass is 543 g/mol. The van der Waals surface area contributed by atoms with Crippen LogP contribution in [-0.4, -0.2) is 11.3 Å². The Labute approximate surface area is 245 Å². The van der Waals surface area contributed by atoms with Crippen LogP contribution in [0, 0.1) is 0 Å². The zero-order valence-corrected chi connectivity index (χ0v) is 24.2. The first kappa shape index (κ1) is 24.6. The van der Waals surface area contributed by atoms with Crippen molar-refractivity contribution in [2.45, 2.75) is 36.5 Å². The molecule has 196 valence electrons. The average Bonchev–Trinajstić information content (AvgIpc) is 3.38. The maximum absolute atomic E-state index is 2.46. The molecule has 41 heavy (non-hydrogen) atoms. The van der Waals surface area contributed by atoms with Gasteiger partial charge in [0.15, 0.2) is 0 Å². The van der Waals surface area contributed by atoms with Crippen molar-refractivity contribution >= 4 is 67.4 Å². The number of hydrogen-bond donors (Lipinski definition) is 0. The summed E-state index contributed by atoms with van der Waals surface area (Å²) in [6.07, 6.45) is 2.08. The molecule has 0 bridgehead atoms. The predicted molar refractivity (Wildman–Crippen MR) is 179 cm³/mol. The summed E-state index contributed by atoms with van der Waals surface area (Å²) in [4.78, 5) is 2.72. The molecular formula is C38H30BNS. The molecule has 0 aliphatic carbocycles. The van der Waals surface area contributed by atoms with Gasteiger partial charge in [0.1, 0.15) is 0 Å². The number of aromatic nitrogens is 1. The van der Waals surface area contributed by atoms with E-state index >= 15 is 0 Å². The van der Waals surface area contributed by atoms with E-state index in [1.54, 1.807) is 0 Å². The van der Waals surface area contributed by atoms with Crippen LogP contribution in [0.3, 0.4) is 0 Å². The van der Waals surface area contributed by atoms with E-state index < -0.39 is 0 Å². The number of fused-ring (bicyclic) bond motifs is 7. The van der Waals surface area contributed by atoms with Crippen LogP contribution in [-0.2, 0) is 12.8 Å². The van der Waals surface area contributed by atoms with E-state index in [1.165, 1.54) is 75.6 Å². The third kappa shape index (κ3) is 3.72. The highest BCUT2D eigenvalue weighted by Crippen LogP contribution is 2.38. The highest BCUT2D eigenvalue weighted by atomic mass is 32.2. The van der Waals surface area contributed by atoms with Gasteiger partial charge in [0.2, 0.25) is 6.71 Å². The Kier molecular flexibility index (Phi) is 5.82. The van der Waals surface area contributed by atoms with Crippen molar-refractivity contribution in [3.8, 4) is 5.69 Å². The Morgan fingerprint density at radius 3 is 2.12 bits per heavy atom. The van der Waals surface area contributed by atoms with Gasteiger partial charge in [-0.2, -0.15) is 0 Å². The third-order valence-electron chi connectivity index (χ3n) is 8.92. The van der Waals surface area contributed by atoms with Crippen LogP contribution in [0.15, 0.2) is 131 Å². The molecule has 0 saturated heterocycles. The Hall–Kier alpha value is -4.21. The summed E-state index contributed by atoms with van der Waals surface area (Å²) in [5.74, 6) is 0. The molecule has 3 heteroatoms. The van der Waals surface area contributed by atoms with Crippen LogP contribution >= 0.6 is 11.8 Å². The second-order valence-corrected chi connectivity index (χ2v) is 12.1. The van der Waals surface area contributed by atoms with Gasteiger partial charge in [-0.3, -0.25) is 0 Å². The van der Waals surface area contributed by atoms with Crippen LogP contribution in [0.5, 0.6) is 0 Å². The first-order valence-corrected chi connectivity index (χ1v) is 15.5. The molecule has 8 rings (SSSR count). The lowest BCUT2D eigenvalue weighted by atomic mass is 9.35.